The standard InChI is InChI=1S/3C12H13N5O2S/c3*1-2-19-12(18)15-11(20)14-10-13-9(16-17-10)8-6-4-3-5-7-8/h3*3-7H,2H2,1H3,(H3,13,14,15,16,17,18,20). The highest BCUT2D eigenvalue weighted by molar-refractivity contribution is 7.81. The fourth-order valence-corrected chi connectivity index (χ4v) is 4.83. The van der Waals surface area contributed by atoms with Gasteiger partial charge in [0.2, 0.25) is 17.8 Å². The van der Waals surface area contributed by atoms with Crippen molar-refractivity contribution in [2.45, 2.75) is 20.8 Å². The van der Waals surface area contributed by atoms with Gasteiger partial charge in [0.05, 0.1) is 19.8 Å². The predicted molar refractivity (Wildman–Crippen MR) is 235 cm³/mol. The molecule has 0 atom stereocenters. The van der Waals surface area contributed by atoms with E-state index in [1.165, 1.54) is 0 Å². The van der Waals surface area contributed by atoms with Crippen LogP contribution in [0.25, 0.3) is 34.2 Å². The molecule has 0 radical (unpaired) electrons. The number of aromatic amines is 3. The highest BCUT2D eigenvalue weighted by atomic mass is 32.1. The number of anilines is 3. The first-order valence-electron chi connectivity index (χ1n) is 17.7. The fraction of sp³-hybridized carbons (Fsp3) is 0.167. The van der Waals surface area contributed by atoms with Crippen molar-refractivity contribution in [3.05, 3.63) is 91.0 Å². The minimum Gasteiger partial charge on any atom is -0.450 e. The van der Waals surface area contributed by atoms with Crippen molar-refractivity contribution in [3.63, 3.8) is 0 Å². The molecular formula is C36H39N15O6S3. The number of carbonyl (C=O) groups excluding carboxylic acids is 3. The Morgan fingerprint density at radius 3 is 0.950 bits per heavy atom. The first-order chi connectivity index (χ1) is 29.1. The molecule has 312 valence electrons. The summed E-state index contributed by atoms with van der Waals surface area (Å²) in [5.74, 6) is 2.62. The molecule has 3 aromatic heterocycles. The lowest BCUT2D eigenvalue weighted by atomic mass is 10.2. The maximum absolute atomic E-state index is 11.2. The van der Waals surface area contributed by atoms with Crippen molar-refractivity contribution >= 4 is 88.1 Å². The molecule has 3 aromatic carbocycles. The lowest BCUT2D eigenvalue weighted by Crippen LogP contribution is -2.34. The summed E-state index contributed by atoms with van der Waals surface area (Å²) in [6, 6.07) is 28.6. The van der Waals surface area contributed by atoms with Crippen LogP contribution in [0.1, 0.15) is 20.8 Å². The van der Waals surface area contributed by atoms with E-state index in [1.807, 2.05) is 91.0 Å². The van der Waals surface area contributed by atoms with Crippen LogP contribution in [0.5, 0.6) is 0 Å². The molecule has 0 saturated carbocycles. The molecule has 21 nitrogen and oxygen atoms in total. The second kappa shape index (κ2) is 24.4. The zero-order valence-corrected chi connectivity index (χ0v) is 34.6. The van der Waals surface area contributed by atoms with Crippen LogP contribution in [0, 0.1) is 0 Å². The number of nitrogens with one attached hydrogen (secondary N) is 9. The number of alkyl carbamates (subject to hydrolysis) is 3. The van der Waals surface area contributed by atoms with Crippen molar-refractivity contribution in [1.29, 1.82) is 0 Å². The minimum atomic E-state index is -0.621. The van der Waals surface area contributed by atoms with E-state index in [2.05, 4.69) is 77.4 Å². The quantitative estimate of drug-likeness (QED) is 0.0618. The number of amides is 3. The third kappa shape index (κ3) is 15.8. The van der Waals surface area contributed by atoms with Crippen molar-refractivity contribution < 1.29 is 28.6 Å². The monoisotopic (exact) mass is 873 g/mol. The Hall–Kier alpha value is -7.44. The van der Waals surface area contributed by atoms with Crippen molar-refractivity contribution in [1.82, 2.24) is 61.5 Å². The van der Waals surface area contributed by atoms with Gasteiger partial charge >= 0.3 is 18.3 Å². The minimum absolute atomic E-state index is 0.0714. The van der Waals surface area contributed by atoms with Gasteiger partial charge in [0.15, 0.2) is 32.8 Å². The number of carbonyl (C=O) groups is 3. The maximum Gasteiger partial charge on any atom is 0.413 e. The number of thiocarbonyl (C=S) groups is 3. The van der Waals surface area contributed by atoms with E-state index in [9.17, 15) is 14.4 Å². The van der Waals surface area contributed by atoms with E-state index < -0.39 is 18.3 Å². The van der Waals surface area contributed by atoms with Crippen molar-refractivity contribution in [3.8, 4) is 34.2 Å². The van der Waals surface area contributed by atoms with Crippen LogP contribution >= 0.6 is 36.7 Å². The molecule has 3 amide bonds. The van der Waals surface area contributed by atoms with Crippen LogP contribution in [-0.2, 0) is 14.2 Å². The van der Waals surface area contributed by atoms with Gasteiger partial charge in [-0.3, -0.25) is 47.2 Å². The Labute approximate surface area is 358 Å². The molecule has 0 bridgehead atoms. The van der Waals surface area contributed by atoms with E-state index in [0.717, 1.165) is 16.7 Å². The van der Waals surface area contributed by atoms with Crippen LogP contribution in [0.4, 0.5) is 32.2 Å². The Morgan fingerprint density at radius 1 is 0.467 bits per heavy atom. The molecule has 0 spiro atoms. The van der Waals surface area contributed by atoms with Crippen LogP contribution in [0.15, 0.2) is 91.0 Å². The molecule has 0 aliphatic rings. The Kier molecular flexibility index (Phi) is 18.4. The average molecular weight is 874 g/mol. The van der Waals surface area contributed by atoms with Crippen LogP contribution < -0.4 is 31.9 Å². The average Bonchev–Trinajstić information content (AvgIpc) is 4.02. The van der Waals surface area contributed by atoms with Crippen molar-refractivity contribution in [2.75, 3.05) is 35.8 Å². The molecule has 0 aliphatic heterocycles. The molecule has 24 heteroatoms. The summed E-state index contributed by atoms with van der Waals surface area (Å²) in [6.45, 7) is 5.93. The summed E-state index contributed by atoms with van der Waals surface area (Å²) in [7, 11) is 0. The zero-order valence-electron chi connectivity index (χ0n) is 32.1. The zero-order chi connectivity index (χ0) is 43.1. The largest absolute Gasteiger partial charge is 0.450 e. The van der Waals surface area contributed by atoms with E-state index in [-0.39, 0.29) is 53.0 Å². The summed E-state index contributed by atoms with van der Waals surface area (Å²) in [4.78, 5) is 46.1. The fourth-order valence-electron chi connectivity index (χ4n) is 4.31. The summed E-state index contributed by atoms with van der Waals surface area (Å²) in [5, 5.41) is 35.5. The topological polar surface area (TPSA) is 276 Å². The maximum atomic E-state index is 11.2. The number of H-pyrrole nitrogens is 3. The Morgan fingerprint density at radius 2 is 0.717 bits per heavy atom. The molecule has 3 heterocycles. The number of hydrogen-bond donors (Lipinski definition) is 9. The summed E-state index contributed by atoms with van der Waals surface area (Å²) in [5.41, 5.74) is 2.70. The van der Waals surface area contributed by atoms with Crippen LogP contribution in [0.2, 0.25) is 0 Å². The van der Waals surface area contributed by atoms with Gasteiger partial charge in [-0.25, -0.2) is 14.4 Å². The predicted octanol–water partition coefficient (Wildman–Crippen LogP) is 5.74. The first-order valence-corrected chi connectivity index (χ1v) is 19.0. The van der Waals surface area contributed by atoms with E-state index >= 15 is 0 Å². The molecule has 0 aliphatic carbocycles. The van der Waals surface area contributed by atoms with Gasteiger partial charge in [0.1, 0.15) is 0 Å². The lowest BCUT2D eigenvalue weighted by molar-refractivity contribution is 0.157. The highest BCUT2D eigenvalue weighted by Crippen LogP contribution is 2.17. The van der Waals surface area contributed by atoms with E-state index in [1.54, 1.807) is 20.8 Å². The Bertz CT molecular complexity index is 2050. The SMILES string of the molecule is CCOC(=O)NC(=S)Nc1n[nH]c(-c2ccccc2)n1.CCOC(=O)NC(=S)Nc1n[nH]c(-c2ccccc2)n1.CCOC(=O)NC(=S)Nc1n[nH]c(-c2ccccc2)n1. The third-order valence-corrected chi connectivity index (χ3v) is 7.36. The number of nitrogens with zero attached hydrogens (tertiary/aromatic N) is 6. The highest BCUT2D eigenvalue weighted by Gasteiger charge is 2.12. The second-order valence-corrected chi connectivity index (χ2v) is 12.2. The molecule has 9 N–H and O–H groups in total. The molecule has 60 heavy (non-hydrogen) atoms. The molecule has 6 rings (SSSR count). The van der Waals surface area contributed by atoms with Gasteiger partial charge in [-0.1, -0.05) is 91.0 Å². The lowest BCUT2D eigenvalue weighted by Gasteiger charge is -2.05. The number of hydrogen-bond acceptors (Lipinski definition) is 15. The normalized spacial score (nSPS) is 9.85. The van der Waals surface area contributed by atoms with Gasteiger partial charge < -0.3 is 14.2 Å². The number of aromatic nitrogens is 9. The molecule has 0 fully saturated rings. The molecule has 0 saturated heterocycles. The molecular weight excluding hydrogens is 835 g/mol. The van der Waals surface area contributed by atoms with Gasteiger partial charge in [-0.05, 0) is 57.4 Å². The van der Waals surface area contributed by atoms with Crippen molar-refractivity contribution in [2.24, 2.45) is 0 Å². The summed E-state index contributed by atoms with van der Waals surface area (Å²) >= 11 is 14.8. The number of ether oxygens (including phenoxy) is 3. The summed E-state index contributed by atoms with van der Waals surface area (Å²) in [6.07, 6.45) is -1.86. The third-order valence-electron chi connectivity index (χ3n) is 6.75. The molecule has 6 aromatic rings. The molecule has 0 unspecified atom stereocenters. The second-order valence-electron chi connectivity index (χ2n) is 11.0. The Balaban J connectivity index is 0.000000198. The van der Waals surface area contributed by atoms with Gasteiger partial charge in [0.25, 0.3) is 0 Å². The van der Waals surface area contributed by atoms with Gasteiger partial charge in [-0.2, -0.15) is 15.0 Å². The van der Waals surface area contributed by atoms with Gasteiger partial charge in [-0.15, -0.1) is 15.3 Å². The smallest absolute Gasteiger partial charge is 0.413 e. The van der Waals surface area contributed by atoms with Gasteiger partial charge in [0, 0.05) is 16.7 Å². The number of benzene rings is 3. The summed E-state index contributed by atoms with van der Waals surface area (Å²) < 4.78 is 14.1. The van der Waals surface area contributed by atoms with Crippen LogP contribution in [0.3, 0.4) is 0 Å². The van der Waals surface area contributed by atoms with E-state index in [0.29, 0.717) is 17.5 Å². The number of rotatable bonds is 9. The van der Waals surface area contributed by atoms with E-state index in [4.69, 9.17) is 50.9 Å². The first kappa shape index (κ1) is 45.3. The van der Waals surface area contributed by atoms with Crippen LogP contribution in [-0.4, -0.2) is 99.0 Å².